The van der Waals surface area contributed by atoms with Gasteiger partial charge in [-0.05, 0) is 30.0 Å². The van der Waals surface area contributed by atoms with Gasteiger partial charge in [0.2, 0.25) is 5.95 Å². The highest BCUT2D eigenvalue weighted by Gasteiger charge is 2.33. The molecule has 1 aliphatic rings. The number of hydrogen-bond acceptors (Lipinski definition) is 5. The van der Waals surface area contributed by atoms with Gasteiger partial charge in [0.25, 0.3) is 0 Å². The number of aromatic amines is 1. The summed E-state index contributed by atoms with van der Waals surface area (Å²) >= 11 is 0. The second kappa shape index (κ2) is 9.27. The number of aromatic nitrogens is 6. The predicted octanol–water partition coefficient (Wildman–Crippen LogP) is 5.91. The van der Waals surface area contributed by atoms with E-state index in [-0.39, 0.29) is 5.95 Å². The van der Waals surface area contributed by atoms with Crippen LogP contribution in [0, 0.1) is 0 Å². The number of H-pyrrole nitrogens is 1. The lowest BCUT2D eigenvalue weighted by atomic mass is 9.98. The SMILES string of the molecule is CCc1cccc(CC)c1-n1nc2c(c1-c1cncc3[nH]ccc13)CN(c1ncc(C(F)(F)F)cn1)CC2. The highest BCUT2D eigenvalue weighted by Crippen LogP contribution is 2.38. The third-order valence-electron chi connectivity index (χ3n) is 7.19. The minimum absolute atomic E-state index is 0.267. The van der Waals surface area contributed by atoms with E-state index in [2.05, 4.69) is 56.7 Å². The molecular formula is C28H26F3N7. The van der Waals surface area contributed by atoms with Crippen LogP contribution in [-0.4, -0.2) is 36.3 Å². The van der Waals surface area contributed by atoms with E-state index in [0.717, 1.165) is 64.3 Å². The number of benzene rings is 1. The van der Waals surface area contributed by atoms with E-state index in [1.54, 1.807) is 6.20 Å². The number of nitrogens with zero attached hydrogens (tertiary/aromatic N) is 6. The minimum Gasteiger partial charge on any atom is -0.360 e. The molecule has 38 heavy (non-hydrogen) atoms. The van der Waals surface area contributed by atoms with Crippen LogP contribution in [0.3, 0.4) is 0 Å². The molecule has 0 fully saturated rings. The van der Waals surface area contributed by atoms with Gasteiger partial charge in [0.05, 0.1) is 34.4 Å². The Labute approximate surface area is 217 Å². The molecule has 0 unspecified atom stereocenters. The van der Waals surface area contributed by atoms with Crippen LogP contribution >= 0.6 is 0 Å². The molecule has 0 bridgehead atoms. The van der Waals surface area contributed by atoms with Crippen molar-refractivity contribution in [3.63, 3.8) is 0 Å². The van der Waals surface area contributed by atoms with Gasteiger partial charge in [0, 0.05) is 60.8 Å². The van der Waals surface area contributed by atoms with Crippen LogP contribution < -0.4 is 4.90 Å². The van der Waals surface area contributed by atoms with Crippen molar-refractivity contribution in [2.24, 2.45) is 0 Å². The molecule has 0 amide bonds. The maximum absolute atomic E-state index is 13.1. The summed E-state index contributed by atoms with van der Waals surface area (Å²) in [6.07, 6.45) is 5.08. The first kappa shape index (κ1) is 24.1. The molecule has 194 valence electrons. The van der Waals surface area contributed by atoms with E-state index in [0.29, 0.717) is 19.5 Å². The topological polar surface area (TPSA) is 75.5 Å². The number of fused-ring (bicyclic) bond motifs is 2. The Kier molecular flexibility index (Phi) is 5.89. The van der Waals surface area contributed by atoms with Crippen LogP contribution in [-0.2, 0) is 32.0 Å². The maximum atomic E-state index is 13.1. The molecule has 0 aliphatic carbocycles. The highest BCUT2D eigenvalue weighted by molar-refractivity contribution is 5.94. The lowest BCUT2D eigenvalue weighted by Crippen LogP contribution is -2.31. The summed E-state index contributed by atoms with van der Waals surface area (Å²) < 4.78 is 41.3. The summed E-state index contributed by atoms with van der Waals surface area (Å²) in [5.41, 5.74) is 7.37. The van der Waals surface area contributed by atoms with Crippen LogP contribution in [0.1, 0.15) is 41.8 Å². The number of rotatable bonds is 5. The summed E-state index contributed by atoms with van der Waals surface area (Å²) in [5.74, 6) is 0.267. The van der Waals surface area contributed by atoms with Crippen LogP contribution in [0.15, 0.2) is 55.2 Å². The van der Waals surface area contributed by atoms with Crippen LogP contribution in [0.2, 0.25) is 0 Å². The van der Waals surface area contributed by atoms with E-state index in [1.807, 2.05) is 23.4 Å². The van der Waals surface area contributed by atoms with Crippen molar-refractivity contribution >= 4 is 16.9 Å². The largest absolute Gasteiger partial charge is 0.419 e. The van der Waals surface area contributed by atoms with Crippen LogP contribution in [0.5, 0.6) is 0 Å². The maximum Gasteiger partial charge on any atom is 0.419 e. The van der Waals surface area contributed by atoms with E-state index >= 15 is 0 Å². The van der Waals surface area contributed by atoms with Crippen molar-refractivity contribution < 1.29 is 13.2 Å². The normalized spacial score (nSPS) is 13.8. The lowest BCUT2D eigenvalue weighted by molar-refractivity contribution is -0.138. The Morgan fingerprint density at radius 2 is 1.71 bits per heavy atom. The zero-order valence-electron chi connectivity index (χ0n) is 21.0. The summed E-state index contributed by atoms with van der Waals surface area (Å²) in [5, 5.41) is 6.17. The van der Waals surface area contributed by atoms with Crippen LogP contribution in [0.25, 0.3) is 27.8 Å². The van der Waals surface area contributed by atoms with Gasteiger partial charge in [-0.2, -0.15) is 18.3 Å². The Bertz CT molecular complexity index is 1590. The molecule has 1 N–H and O–H groups in total. The first-order valence-electron chi connectivity index (χ1n) is 12.7. The van der Waals surface area contributed by atoms with E-state index in [1.165, 1.54) is 11.1 Å². The average Bonchev–Trinajstić information content (AvgIpc) is 3.56. The van der Waals surface area contributed by atoms with Crippen LogP contribution in [0.4, 0.5) is 19.1 Å². The van der Waals surface area contributed by atoms with Gasteiger partial charge < -0.3 is 9.88 Å². The van der Waals surface area contributed by atoms with Gasteiger partial charge in [-0.25, -0.2) is 14.6 Å². The predicted molar refractivity (Wildman–Crippen MR) is 139 cm³/mol. The molecular weight excluding hydrogens is 491 g/mol. The summed E-state index contributed by atoms with van der Waals surface area (Å²) in [6, 6.07) is 8.39. The fourth-order valence-corrected chi connectivity index (χ4v) is 5.27. The van der Waals surface area contributed by atoms with Gasteiger partial charge in [0.15, 0.2) is 0 Å². The Hall–Kier alpha value is -4.21. The first-order valence-corrected chi connectivity index (χ1v) is 12.7. The van der Waals surface area contributed by atoms with Crippen molar-refractivity contribution in [1.82, 2.24) is 29.7 Å². The van der Waals surface area contributed by atoms with Crippen molar-refractivity contribution in [1.29, 1.82) is 0 Å². The molecule has 0 spiro atoms. The zero-order chi connectivity index (χ0) is 26.4. The summed E-state index contributed by atoms with van der Waals surface area (Å²) in [4.78, 5) is 17.8. The Balaban J connectivity index is 1.53. The van der Waals surface area contributed by atoms with Gasteiger partial charge in [-0.15, -0.1) is 0 Å². The van der Waals surface area contributed by atoms with Gasteiger partial charge >= 0.3 is 6.18 Å². The molecule has 5 heterocycles. The number of nitrogens with one attached hydrogen (secondary N) is 1. The zero-order valence-corrected chi connectivity index (χ0v) is 21.0. The fraction of sp³-hybridized carbons (Fsp3) is 0.286. The molecule has 4 aromatic heterocycles. The molecule has 1 aromatic carbocycles. The number of para-hydroxylation sites is 1. The molecule has 10 heteroatoms. The molecule has 5 aromatic rings. The van der Waals surface area contributed by atoms with Gasteiger partial charge in [-0.1, -0.05) is 32.0 Å². The highest BCUT2D eigenvalue weighted by atomic mass is 19.4. The quantitative estimate of drug-likeness (QED) is 0.314. The molecule has 0 saturated heterocycles. The molecule has 7 nitrogen and oxygen atoms in total. The Morgan fingerprint density at radius 3 is 2.39 bits per heavy atom. The van der Waals surface area contributed by atoms with Gasteiger partial charge in [-0.3, -0.25) is 4.98 Å². The number of hydrogen-bond donors (Lipinski definition) is 1. The number of aryl methyl sites for hydroxylation is 2. The number of pyridine rings is 1. The molecule has 0 atom stereocenters. The molecule has 0 radical (unpaired) electrons. The second-order valence-corrected chi connectivity index (χ2v) is 9.38. The molecule has 0 saturated carbocycles. The lowest BCUT2D eigenvalue weighted by Gasteiger charge is -2.27. The standard InChI is InChI=1S/C28H26F3N7/c1-3-17-6-5-7-18(4-2)25(17)38-26(21-14-32-15-24-20(21)8-10-33-24)22-16-37(11-9-23(22)36-38)27-34-12-19(13-35-27)28(29,30)31/h5-8,10,12-15,33H,3-4,9,11,16H2,1-2H3. The number of alkyl halides is 3. The fourth-order valence-electron chi connectivity index (χ4n) is 5.27. The number of anilines is 1. The number of halogens is 3. The summed E-state index contributed by atoms with van der Waals surface area (Å²) in [7, 11) is 0. The van der Waals surface area contributed by atoms with Crippen molar-refractivity contribution in [3.8, 4) is 16.9 Å². The summed E-state index contributed by atoms with van der Waals surface area (Å²) in [6.45, 7) is 5.25. The van der Waals surface area contributed by atoms with E-state index in [4.69, 9.17) is 5.10 Å². The second-order valence-electron chi connectivity index (χ2n) is 9.38. The van der Waals surface area contributed by atoms with E-state index in [9.17, 15) is 13.2 Å². The molecule has 1 aliphatic heterocycles. The monoisotopic (exact) mass is 517 g/mol. The average molecular weight is 518 g/mol. The van der Waals surface area contributed by atoms with Crippen molar-refractivity contribution in [3.05, 3.63) is 83.2 Å². The third kappa shape index (κ3) is 4.00. The third-order valence-corrected chi connectivity index (χ3v) is 7.19. The first-order chi connectivity index (χ1) is 18.4. The minimum atomic E-state index is -4.48. The van der Waals surface area contributed by atoms with E-state index < -0.39 is 11.7 Å². The van der Waals surface area contributed by atoms with Crippen molar-refractivity contribution in [2.45, 2.75) is 45.8 Å². The Morgan fingerprint density at radius 1 is 0.974 bits per heavy atom. The van der Waals surface area contributed by atoms with Crippen molar-refractivity contribution in [2.75, 3.05) is 11.4 Å². The smallest absolute Gasteiger partial charge is 0.360 e. The molecule has 6 rings (SSSR count). The van der Waals surface area contributed by atoms with Gasteiger partial charge in [0.1, 0.15) is 0 Å².